The lowest BCUT2D eigenvalue weighted by atomic mass is 10.0. The summed E-state index contributed by atoms with van der Waals surface area (Å²) in [6, 6.07) is 0. The van der Waals surface area contributed by atoms with Crippen LogP contribution in [0.25, 0.3) is 0 Å². The van der Waals surface area contributed by atoms with Gasteiger partial charge in [-0.3, -0.25) is 0 Å². The second kappa shape index (κ2) is 4.97. The maximum atomic E-state index is 5.12. The molecule has 0 aliphatic heterocycles. The van der Waals surface area contributed by atoms with Gasteiger partial charge in [0.25, 0.3) is 0 Å². The molecule has 2 heteroatoms. The monoisotopic (exact) mass is 185 g/mol. The van der Waals surface area contributed by atoms with E-state index in [-0.39, 0.29) is 0 Å². The second-order valence-corrected chi connectivity index (χ2v) is 4.77. The number of rotatable bonds is 7. The zero-order valence-electron chi connectivity index (χ0n) is 9.23. The lowest BCUT2D eigenvalue weighted by Gasteiger charge is -2.16. The van der Waals surface area contributed by atoms with Gasteiger partial charge in [-0.15, -0.1) is 0 Å². The van der Waals surface area contributed by atoms with Crippen LogP contribution >= 0.6 is 0 Å². The van der Waals surface area contributed by atoms with E-state index in [0.717, 1.165) is 19.1 Å². The summed E-state index contributed by atoms with van der Waals surface area (Å²) < 4.78 is 5.12. The molecule has 0 amide bonds. The van der Waals surface area contributed by atoms with E-state index in [4.69, 9.17) is 4.74 Å². The first-order valence-electron chi connectivity index (χ1n) is 5.38. The second-order valence-electron chi connectivity index (χ2n) is 4.77. The summed E-state index contributed by atoms with van der Waals surface area (Å²) in [5, 5.41) is 3.54. The third-order valence-electron chi connectivity index (χ3n) is 2.85. The highest BCUT2D eigenvalue weighted by atomic mass is 16.5. The Kier molecular flexibility index (Phi) is 4.20. The fourth-order valence-corrected chi connectivity index (χ4v) is 1.64. The van der Waals surface area contributed by atoms with Gasteiger partial charge in [0.05, 0.1) is 0 Å². The van der Waals surface area contributed by atoms with Gasteiger partial charge in [0.1, 0.15) is 0 Å². The minimum atomic E-state index is 0.602. The molecule has 1 aliphatic rings. The summed E-state index contributed by atoms with van der Waals surface area (Å²) in [7, 11) is 1.79. The topological polar surface area (TPSA) is 21.3 Å². The summed E-state index contributed by atoms with van der Waals surface area (Å²) in [6.45, 7) is 7.76. The quantitative estimate of drug-likeness (QED) is 0.655. The zero-order chi connectivity index (χ0) is 9.73. The fourth-order valence-electron chi connectivity index (χ4n) is 1.64. The van der Waals surface area contributed by atoms with E-state index < -0.39 is 0 Å². The van der Waals surface area contributed by atoms with E-state index in [2.05, 4.69) is 19.2 Å². The summed E-state index contributed by atoms with van der Waals surface area (Å²) in [6.07, 6.45) is 4.01. The number of ether oxygens (including phenoxy) is 1. The highest BCUT2D eigenvalue weighted by Crippen LogP contribution is 2.48. The van der Waals surface area contributed by atoms with Gasteiger partial charge in [-0.25, -0.2) is 0 Å². The molecule has 0 spiro atoms. The summed E-state index contributed by atoms with van der Waals surface area (Å²) in [5.74, 6) is 0.762. The van der Waals surface area contributed by atoms with Gasteiger partial charge in [0.15, 0.2) is 0 Å². The number of hydrogen-bond acceptors (Lipinski definition) is 2. The lowest BCUT2D eigenvalue weighted by molar-refractivity contribution is 0.171. The van der Waals surface area contributed by atoms with Gasteiger partial charge >= 0.3 is 0 Å². The molecule has 0 bridgehead atoms. The van der Waals surface area contributed by atoms with Crippen LogP contribution in [0.5, 0.6) is 0 Å². The van der Waals surface area contributed by atoms with Crippen LogP contribution in [-0.4, -0.2) is 26.8 Å². The maximum Gasteiger partial charge on any atom is 0.0468 e. The average Bonchev–Trinajstić information content (AvgIpc) is 2.82. The zero-order valence-corrected chi connectivity index (χ0v) is 9.23. The van der Waals surface area contributed by atoms with Crippen LogP contribution < -0.4 is 5.32 Å². The van der Waals surface area contributed by atoms with E-state index in [1.165, 1.54) is 25.8 Å². The predicted octanol–water partition coefficient (Wildman–Crippen LogP) is 2.05. The Hall–Kier alpha value is -0.0800. The van der Waals surface area contributed by atoms with Crippen LogP contribution in [-0.2, 0) is 4.74 Å². The van der Waals surface area contributed by atoms with Crippen molar-refractivity contribution in [2.24, 2.45) is 11.3 Å². The van der Waals surface area contributed by atoms with E-state index in [1.54, 1.807) is 7.11 Å². The SMILES string of the molecule is COCCC1(CNCC(C)C)CC1. The third kappa shape index (κ3) is 4.10. The standard InChI is InChI=1S/C11H23NO/c1-10(2)8-12-9-11(4-5-11)6-7-13-3/h10,12H,4-9H2,1-3H3. The smallest absolute Gasteiger partial charge is 0.0468 e. The van der Waals surface area contributed by atoms with Gasteiger partial charge in [-0.05, 0) is 37.1 Å². The van der Waals surface area contributed by atoms with Crippen molar-refractivity contribution in [1.29, 1.82) is 0 Å². The molecule has 1 N–H and O–H groups in total. The van der Waals surface area contributed by atoms with Gasteiger partial charge in [0, 0.05) is 20.3 Å². The normalized spacial score (nSPS) is 19.4. The molecule has 0 atom stereocenters. The first kappa shape index (κ1) is 11.0. The van der Waals surface area contributed by atoms with Crippen LogP contribution in [0.3, 0.4) is 0 Å². The molecule has 1 aliphatic carbocycles. The van der Waals surface area contributed by atoms with Crippen molar-refractivity contribution in [2.45, 2.75) is 33.1 Å². The number of nitrogens with one attached hydrogen (secondary N) is 1. The molecule has 2 nitrogen and oxygen atoms in total. The highest BCUT2D eigenvalue weighted by Gasteiger charge is 2.41. The van der Waals surface area contributed by atoms with Gasteiger partial charge in [0.2, 0.25) is 0 Å². The molecule has 0 unspecified atom stereocenters. The molecule has 1 rings (SSSR count). The molecule has 0 saturated heterocycles. The minimum Gasteiger partial charge on any atom is -0.385 e. The van der Waals surface area contributed by atoms with Crippen LogP contribution in [0.2, 0.25) is 0 Å². The molecular weight excluding hydrogens is 162 g/mol. The lowest BCUT2D eigenvalue weighted by Crippen LogP contribution is -2.28. The van der Waals surface area contributed by atoms with Crippen LogP contribution in [0, 0.1) is 11.3 Å². The summed E-state index contributed by atoms with van der Waals surface area (Å²) in [5.41, 5.74) is 0.602. The fraction of sp³-hybridized carbons (Fsp3) is 1.00. The molecule has 0 heterocycles. The highest BCUT2D eigenvalue weighted by molar-refractivity contribution is 4.94. The Balaban J connectivity index is 2.05. The van der Waals surface area contributed by atoms with Crippen molar-refractivity contribution in [3.63, 3.8) is 0 Å². The minimum absolute atomic E-state index is 0.602. The Bertz CT molecular complexity index is 141. The van der Waals surface area contributed by atoms with E-state index in [1.807, 2.05) is 0 Å². The Labute approximate surface area is 82.0 Å². The first-order valence-corrected chi connectivity index (χ1v) is 5.38. The Morgan fingerprint density at radius 3 is 2.54 bits per heavy atom. The van der Waals surface area contributed by atoms with Crippen LogP contribution in [0.4, 0.5) is 0 Å². The van der Waals surface area contributed by atoms with Crippen LogP contribution in [0.1, 0.15) is 33.1 Å². The van der Waals surface area contributed by atoms with Crippen molar-refractivity contribution in [1.82, 2.24) is 5.32 Å². The van der Waals surface area contributed by atoms with E-state index in [9.17, 15) is 0 Å². The van der Waals surface area contributed by atoms with E-state index in [0.29, 0.717) is 5.41 Å². The molecular formula is C11H23NO. The molecule has 78 valence electrons. The molecule has 1 saturated carbocycles. The number of methoxy groups -OCH3 is 1. The van der Waals surface area contributed by atoms with Gasteiger partial charge in [-0.1, -0.05) is 13.8 Å². The van der Waals surface area contributed by atoms with Crippen molar-refractivity contribution < 1.29 is 4.74 Å². The maximum absolute atomic E-state index is 5.12. The molecule has 0 aromatic heterocycles. The largest absolute Gasteiger partial charge is 0.385 e. The number of hydrogen-bond donors (Lipinski definition) is 1. The molecule has 0 radical (unpaired) electrons. The van der Waals surface area contributed by atoms with Crippen molar-refractivity contribution >= 4 is 0 Å². The van der Waals surface area contributed by atoms with Crippen molar-refractivity contribution in [2.75, 3.05) is 26.8 Å². The van der Waals surface area contributed by atoms with Crippen LogP contribution in [0.15, 0.2) is 0 Å². The third-order valence-corrected chi connectivity index (χ3v) is 2.85. The van der Waals surface area contributed by atoms with Crippen molar-refractivity contribution in [3.05, 3.63) is 0 Å². The first-order chi connectivity index (χ1) is 6.18. The molecule has 0 aromatic rings. The summed E-state index contributed by atoms with van der Waals surface area (Å²) >= 11 is 0. The molecule has 13 heavy (non-hydrogen) atoms. The molecule has 0 aromatic carbocycles. The van der Waals surface area contributed by atoms with E-state index >= 15 is 0 Å². The predicted molar refractivity (Wildman–Crippen MR) is 55.9 cm³/mol. The average molecular weight is 185 g/mol. The summed E-state index contributed by atoms with van der Waals surface area (Å²) in [4.78, 5) is 0. The Morgan fingerprint density at radius 1 is 1.38 bits per heavy atom. The van der Waals surface area contributed by atoms with Gasteiger partial charge < -0.3 is 10.1 Å². The Morgan fingerprint density at radius 2 is 2.08 bits per heavy atom. The van der Waals surface area contributed by atoms with Gasteiger partial charge in [-0.2, -0.15) is 0 Å². The molecule has 1 fully saturated rings. The van der Waals surface area contributed by atoms with Crippen molar-refractivity contribution in [3.8, 4) is 0 Å².